The smallest absolute Gasteiger partial charge is 0.329 e. The number of rotatable bonds is 5. The molecule has 1 rings (SSSR count). The molecule has 3 heteroatoms. The summed E-state index contributed by atoms with van der Waals surface area (Å²) in [6.07, 6.45) is 7.87. The Balaban J connectivity index is 1.91. The summed E-state index contributed by atoms with van der Waals surface area (Å²) in [6.45, 7) is 0.897. The van der Waals surface area contributed by atoms with Crippen LogP contribution in [0, 0.1) is 5.92 Å². The average molecular weight is 169 g/mol. The van der Waals surface area contributed by atoms with E-state index in [9.17, 15) is 4.79 Å². The molecule has 1 fully saturated rings. The van der Waals surface area contributed by atoms with Crippen molar-refractivity contribution in [1.29, 1.82) is 0 Å². The lowest BCUT2D eigenvalue weighted by Gasteiger charge is -2.24. The van der Waals surface area contributed by atoms with Crippen LogP contribution >= 0.6 is 0 Å². The number of nitrogens with one attached hydrogen (secondary N) is 1. The molecule has 0 unspecified atom stereocenters. The van der Waals surface area contributed by atoms with Crippen molar-refractivity contribution in [3.63, 3.8) is 0 Å². The zero-order chi connectivity index (χ0) is 8.81. The third-order valence-electron chi connectivity index (χ3n) is 2.27. The van der Waals surface area contributed by atoms with E-state index in [4.69, 9.17) is 5.11 Å². The molecule has 12 heavy (non-hydrogen) atoms. The van der Waals surface area contributed by atoms with Gasteiger partial charge < -0.3 is 10.4 Å². The first-order valence-electron chi connectivity index (χ1n) is 4.42. The van der Waals surface area contributed by atoms with E-state index in [1.54, 1.807) is 0 Å². The largest absolute Gasteiger partial charge is 0.478 e. The minimum Gasteiger partial charge on any atom is -0.478 e. The summed E-state index contributed by atoms with van der Waals surface area (Å²) in [5.74, 6) is -0.0122. The van der Waals surface area contributed by atoms with Gasteiger partial charge in [0.1, 0.15) is 0 Å². The summed E-state index contributed by atoms with van der Waals surface area (Å²) in [7, 11) is 0. The zero-order valence-corrected chi connectivity index (χ0v) is 7.12. The normalized spacial score (nSPS) is 17.7. The Kier molecular flexibility index (Phi) is 3.64. The summed E-state index contributed by atoms with van der Waals surface area (Å²) < 4.78 is 0. The SMILES string of the molecule is O=C(O)/C=C/NCCC1CCC1. The predicted octanol–water partition coefficient (Wildman–Crippen LogP) is 1.36. The van der Waals surface area contributed by atoms with Gasteiger partial charge in [-0.3, -0.25) is 0 Å². The number of aliphatic carboxylic acids is 1. The van der Waals surface area contributed by atoms with Gasteiger partial charge in [-0.1, -0.05) is 19.3 Å². The highest BCUT2D eigenvalue weighted by Gasteiger charge is 2.15. The molecular formula is C9H15NO2. The van der Waals surface area contributed by atoms with Gasteiger partial charge >= 0.3 is 5.97 Å². The van der Waals surface area contributed by atoms with E-state index < -0.39 is 5.97 Å². The van der Waals surface area contributed by atoms with Crippen LogP contribution in [0.25, 0.3) is 0 Å². The van der Waals surface area contributed by atoms with Gasteiger partial charge in [-0.2, -0.15) is 0 Å². The number of carbonyl (C=O) groups is 1. The van der Waals surface area contributed by atoms with Crippen molar-refractivity contribution in [2.75, 3.05) is 6.54 Å². The van der Waals surface area contributed by atoms with Gasteiger partial charge in [-0.05, 0) is 12.3 Å². The lowest BCUT2D eigenvalue weighted by molar-refractivity contribution is -0.131. The maximum atomic E-state index is 10.0. The van der Waals surface area contributed by atoms with Crippen molar-refractivity contribution in [1.82, 2.24) is 5.32 Å². The Hall–Kier alpha value is -0.990. The molecule has 3 nitrogen and oxygen atoms in total. The van der Waals surface area contributed by atoms with Gasteiger partial charge in [-0.15, -0.1) is 0 Å². The van der Waals surface area contributed by atoms with Gasteiger partial charge in [0.2, 0.25) is 0 Å². The fraction of sp³-hybridized carbons (Fsp3) is 0.667. The molecule has 1 aliphatic carbocycles. The molecule has 0 bridgehead atoms. The second-order valence-electron chi connectivity index (χ2n) is 3.21. The molecule has 1 saturated carbocycles. The van der Waals surface area contributed by atoms with Gasteiger partial charge in [0, 0.05) is 18.8 Å². The summed E-state index contributed by atoms with van der Waals surface area (Å²) in [6, 6.07) is 0. The van der Waals surface area contributed by atoms with Crippen molar-refractivity contribution in [3.8, 4) is 0 Å². The Labute approximate surface area is 72.5 Å². The first-order chi connectivity index (χ1) is 5.79. The van der Waals surface area contributed by atoms with Crippen LogP contribution in [0.3, 0.4) is 0 Å². The first-order valence-corrected chi connectivity index (χ1v) is 4.42. The first kappa shape index (κ1) is 9.10. The van der Waals surface area contributed by atoms with Crippen LogP contribution in [0.4, 0.5) is 0 Å². The molecule has 0 atom stereocenters. The van der Waals surface area contributed by atoms with Crippen molar-refractivity contribution >= 4 is 5.97 Å². The standard InChI is InChI=1S/C9H15NO2/c11-9(12)5-7-10-6-4-8-2-1-3-8/h5,7-8,10H,1-4,6H2,(H,11,12)/b7-5+. The molecular weight excluding hydrogens is 154 g/mol. The molecule has 0 heterocycles. The molecule has 0 aromatic carbocycles. The van der Waals surface area contributed by atoms with Crippen LogP contribution in [-0.4, -0.2) is 17.6 Å². The monoisotopic (exact) mass is 169 g/mol. The highest BCUT2D eigenvalue weighted by molar-refractivity contribution is 5.79. The van der Waals surface area contributed by atoms with E-state index in [1.165, 1.54) is 31.9 Å². The maximum absolute atomic E-state index is 10.0. The molecule has 0 spiro atoms. The fourth-order valence-electron chi connectivity index (χ4n) is 1.28. The zero-order valence-electron chi connectivity index (χ0n) is 7.12. The van der Waals surface area contributed by atoms with Crippen molar-refractivity contribution < 1.29 is 9.90 Å². The Morgan fingerprint density at radius 1 is 1.58 bits per heavy atom. The lowest BCUT2D eigenvalue weighted by atomic mass is 9.83. The third kappa shape index (κ3) is 3.42. The van der Waals surface area contributed by atoms with E-state index >= 15 is 0 Å². The Morgan fingerprint density at radius 2 is 2.33 bits per heavy atom. The van der Waals surface area contributed by atoms with Crippen LogP contribution in [0.1, 0.15) is 25.7 Å². The lowest BCUT2D eigenvalue weighted by Crippen LogP contribution is -2.17. The number of hydrogen-bond donors (Lipinski definition) is 2. The number of hydrogen-bond acceptors (Lipinski definition) is 2. The predicted molar refractivity (Wildman–Crippen MR) is 46.7 cm³/mol. The van der Waals surface area contributed by atoms with E-state index in [2.05, 4.69) is 5.32 Å². The number of carboxylic acid groups (broad SMARTS) is 1. The van der Waals surface area contributed by atoms with Crippen LogP contribution in [0.15, 0.2) is 12.3 Å². The molecule has 2 N–H and O–H groups in total. The van der Waals surface area contributed by atoms with Gasteiger partial charge in [0.15, 0.2) is 0 Å². The molecule has 0 aromatic heterocycles. The summed E-state index contributed by atoms with van der Waals surface area (Å²) in [5.41, 5.74) is 0. The van der Waals surface area contributed by atoms with E-state index in [-0.39, 0.29) is 0 Å². The molecule has 0 saturated heterocycles. The Bertz CT molecular complexity index is 173. The van der Waals surface area contributed by atoms with Crippen molar-refractivity contribution in [3.05, 3.63) is 12.3 Å². The Morgan fingerprint density at radius 3 is 2.83 bits per heavy atom. The molecule has 0 radical (unpaired) electrons. The van der Waals surface area contributed by atoms with Gasteiger partial charge in [0.05, 0.1) is 0 Å². The quantitative estimate of drug-likeness (QED) is 0.482. The van der Waals surface area contributed by atoms with Crippen molar-refractivity contribution in [2.45, 2.75) is 25.7 Å². The van der Waals surface area contributed by atoms with E-state index in [0.717, 1.165) is 18.5 Å². The highest BCUT2D eigenvalue weighted by atomic mass is 16.4. The maximum Gasteiger partial charge on any atom is 0.329 e. The number of carboxylic acids is 1. The minimum absolute atomic E-state index is 0.885. The third-order valence-corrected chi connectivity index (χ3v) is 2.27. The average Bonchev–Trinajstić information content (AvgIpc) is 1.92. The van der Waals surface area contributed by atoms with Gasteiger partial charge in [0.25, 0.3) is 0 Å². The molecule has 0 amide bonds. The minimum atomic E-state index is -0.897. The van der Waals surface area contributed by atoms with Crippen molar-refractivity contribution in [2.24, 2.45) is 5.92 Å². The second kappa shape index (κ2) is 4.80. The summed E-state index contributed by atoms with van der Waals surface area (Å²) >= 11 is 0. The molecule has 0 aromatic rings. The molecule has 68 valence electrons. The second-order valence-corrected chi connectivity index (χ2v) is 3.21. The van der Waals surface area contributed by atoms with Crippen LogP contribution in [-0.2, 0) is 4.79 Å². The van der Waals surface area contributed by atoms with E-state index in [1.807, 2.05) is 0 Å². The fourth-order valence-corrected chi connectivity index (χ4v) is 1.28. The highest BCUT2D eigenvalue weighted by Crippen LogP contribution is 2.28. The summed E-state index contributed by atoms with van der Waals surface area (Å²) in [4.78, 5) is 10.0. The molecule has 1 aliphatic rings. The van der Waals surface area contributed by atoms with Crippen LogP contribution in [0.5, 0.6) is 0 Å². The molecule has 0 aliphatic heterocycles. The van der Waals surface area contributed by atoms with E-state index in [0.29, 0.717) is 0 Å². The van der Waals surface area contributed by atoms with Crippen LogP contribution in [0.2, 0.25) is 0 Å². The summed E-state index contributed by atoms with van der Waals surface area (Å²) in [5, 5.41) is 11.2. The van der Waals surface area contributed by atoms with Gasteiger partial charge in [-0.25, -0.2) is 4.79 Å². The topological polar surface area (TPSA) is 49.3 Å². The van der Waals surface area contributed by atoms with Crippen LogP contribution < -0.4 is 5.32 Å².